The van der Waals surface area contributed by atoms with Gasteiger partial charge in [0.2, 0.25) is 0 Å². The van der Waals surface area contributed by atoms with E-state index < -0.39 is 0 Å². The van der Waals surface area contributed by atoms with E-state index in [2.05, 4.69) is 69.7 Å². The quantitative estimate of drug-likeness (QED) is 0.433. The Morgan fingerprint density at radius 2 is 1.64 bits per heavy atom. The molecule has 0 saturated heterocycles. The molecule has 1 atom stereocenters. The van der Waals surface area contributed by atoms with Crippen molar-refractivity contribution in [2.24, 2.45) is 5.92 Å². The van der Waals surface area contributed by atoms with Gasteiger partial charge >= 0.3 is 0 Å². The molecule has 2 aliphatic carbocycles. The maximum Gasteiger partial charge on any atom is 0.0167 e. The smallest absolute Gasteiger partial charge is 0.0167 e. The Labute approximate surface area is 191 Å². The number of hydrogen-bond acceptors (Lipinski definition) is 0. The first kappa shape index (κ1) is 21.8. The summed E-state index contributed by atoms with van der Waals surface area (Å²) >= 11 is 0. The summed E-state index contributed by atoms with van der Waals surface area (Å²) in [6.45, 7) is 6.83. The van der Waals surface area contributed by atoms with Crippen molar-refractivity contribution >= 4 is 6.08 Å². The van der Waals surface area contributed by atoms with E-state index in [9.17, 15) is 0 Å². The number of hydrogen-bond donors (Lipinski definition) is 0. The molecule has 0 N–H and O–H groups in total. The third kappa shape index (κ3) is 4.62. The number of allylic oxidation sites excluding steroid dienone is 1. The van der Waals surface area contributed by atoms with Crippen molar-refractivity contribution in [2.75, 3.05) is 0 Å². The summed E-state index contributed by atoms with van der Waals surface area (Å²) in [7, 11) is 0. The summed E-state index contributed by atoms with van der Waals surface area (Å²) in [5.41, 5.74) is 10.0. The number of aryl methyl sites for hydroxylation is 1. The van der Waals surface area contributed by atoms with Gasteiger partial charge in [-0.1, -0.05) is 94.0 Å². The second kappa shape index (κ2) is 9.71. The predicted molar refractivity (Wildman–Crippen MR) is 118 cm³/mol. The molecule has 28 heavy (non-hydrogen) atoms. The monoisotopic (exact) mass is 447 g/mol. The molecule has 4 rings (SSSR count). The van der Waals surface area contributed by atoms with Gasteiger partial charge in [0.05, 0.1) is 0 Å². The van der Waals surface area contributed by atoms with Crippen molar-refractivity contribution < 1.29 is 26.2 Å². The largest absolute Gasteiger partial charge is 0.0648 e. The number of benzene rings is 2. The molecule has 2 aromatic carbocycles. The molecule has 0 bridgehead atoms. The molecular formula is C27H33Zr. The van der Waals surface area contributed by atoms with Crippen LogP contribution < -0.4 is 0 Å². The molecule has 1 saturated carbocycles. The van der Waals surface area contributed by atoms with Crippen LogP contribution in [-0.2, 0) is 26.2 Å². The first-order valence-corrected chi connectivity index (χ1v) is 10.9. The molecule has 0 heterocycles. The SMILES string of the molecule is CCC(C)c1ccc(-c2ccc(C)c3c2C=C(CC2CCCCC2)[CH]3)cc1.[Zr]. The van der Waals surface area contributed by atoms with Gasteiger partial charge in [0.1, 0.15) is 0 Å². The molecule has 145 valence electrons. The van der Waals surface area contributed by atoms with Gasteiger partial charge < -0.3 is 0 Å². The molecule has 0 amide bonds. The maximum atomic E-state index is 2.48. The van der Waals surface area contributed by atoms with Crippen LogP contribution in [0.15, 0.2) is 42.0 Å². The molecule has 2 aliphatic rings. The predicted octanol–water partition coefficient (Wildman–Crippen LogP) is 8.09. The van der Waals surface area contributed by atoms with Gasteiger partial charge in [-0.25, -0.2) is 0 Å². The fraction of sp³-hybridized carbons (Fsp3) is 0.444. The van der Waals surface area contributed by atoms with Crippen LogP contribution in [0.2, 0.25) is 0 Å². The topological polar surface area (TPSA) is 0 Å². The summed E-state index contributed by atoms with van der Waals surface area (Å²) in [6.07, 6.45) is 14.5. The van der Waals surface area contributed by atoms with Crippen LogP contribution in [0.5, 0.6) is 0 Å². The molecule has 1 radical (unpaired) electrons. The Bertz CT molecular complexity index is 822. The van der Waals surface area contributed by atoms with Gasteiger partial charge in [0.15, 0.2) is 0 Å². The Balaban J connectivity index is 0.00000225. The summed E-state index contributed by atoms with van der Waals surface area (Å²) in [6, 6.07) is 13.9. The zero-order valence-electron chi connectivity index (χ0n) is 17.7. The number of rotatable bonds is 5. The van der Waals surface area contributed by atoms with Gasteiger partial charge in [0.25, 0.3) is 0 Å². The third-order valence-corrected chi connectivity index (χ3v) is 6.82. The minimum atomic E-state index is 0. The second-order valence-electron chi connectivity index (χ2n) is 8.76. The van der Waals surface area contributed by atoms with E-state index >= 15 is 0 Å². The number of fused-ring (bicyclic) bond motifs is 1. The molecule has 0 aliphatic heterocycles. The van der Waals surface area contributed by atoms with Crippen molar-refractivity contribution in [1.82, 2.24) is 0 Å². The first-order chi connectivity index (χ1) is 13.2. The van der Waals surface area contributed by atoms with Crippen LogP contribution >= 0.6 is 0 Å². The van der Waals surface area contributed by atoms with Crippen LogP contribution in [0, 0.1) is 19.3 Å². The van der Waals surface area contributed by atoms with Crippen molar-refractivity contribution in [3.8, 4) is 11.1 Å². The van der Waals surface area contributed by atoms with E-state index in [4.69, 9.17) is 0 Å². The summed E-state index contributed by atoms with van der Waals surface area (Å²) in [4.78, 5) is 0. The fourth-order valence-electron chi connectivity index (χ4n) is 4.83. The van der Waals surface area contributed by atoms with E-state index in [1.807, 2.05) is 0 Å². The zero-order valence-corrected chi connectivity index (χ0v) is 20.2. The van der Waals surface area contributed by atoms with E-state index in [0.29, 0.717) is 5.92 Å². The molecule has 0 nitrogen and oxygen atoms in total. The van der Waals surface area contributed by atoms with Crippen LogP contribution in [0.4, 0.5) is 0 Å². The van der Waals surface area contributed by atoms with Gasteiger partial charge in [-0.15, -0.1) is 0 Å². The Kier molecular flexibility index (Phi) is 7.55. The van der Waals surface area contributed by atoms with Crippen molar-refractivity contribution in [1.29, 1.82) is 0 Å². The van der Waals surface area contributed by atoms with E-state index in [1.54, 1.807) is 5.57 Å². The molecule has 1 fully saturated rings. The van der Waals surface area contributed by atoms with Gasteiger partial charge in [-0.3, -0.25) is 0 Å². The van der Waals surface area contributed by atoms with E-state index in [1.165, 1.54) is 78.3 Å². The average molecular weight is 449 g/mol. The molecule has 0 spiro atoms. The normalized spacial score (nSPS) is 17.6. The maximum absolute atomic E-state index is 2.48. The standard InChI is InChI=1S/C27H33.Zr/c1-4-19(2)23-11-13-24(14-12-23)25-15-10-20(3)26-17-22(18-27(25)26)16-21-8-6-5-7-9-21;/h10-15,17-19,21H,4-9,16H2,1-3H3;. The molecular weight excluding hydrogens is 416 g/mol. The first-order valence-electron chi connectivity index (χ1n) is 10.9. The summed E-state index contributed by atoms with van der Waals surface area (Å²) in [5, 5.41) is 0. The van der Waals surface area contributed by atoms with Crippen LogP contribution in [0.25, 0.3) is 17.2 Å². The molecule has 0 aromatic heterocycles. The Morgan fingerprint density at radius 1 is 0.929 bits per heavy atom. The third-order valence-electron chi connectivity index (χ3n) is 6.82. The van der Waals surface area contributed by atoms with Crippen LogP contribution in [0.3, 0.4) is 0 Å². The molecule has 1 unspecified atom stereocenters. The molecule has 2 aromatic rings. The van der Waals surface area contributed by atoms with Crippen molar-refractivity contribution in [3.63, 3.8) is 0 Å². The average Bonchev–Trinajstić information content (AvgIpc) is 3.13. The minimum Gasteiger partial charge on any atom is -0.0648 e. The summed E-state index contributed by atoms with van der Waals surface area (Å²) in [5.74, 6) is 1.53. The molecule has 1 heteroatoms. The van der Waals surface area contributed by atoms with Crippen molar-refractivity contribution in [2.45, 2.75) is 71.6 Å². The minimum absolute atomic E-state index is 0. The van der Waals surface area contributed by atoms with Gasteiger partial charge in [-0.2, -0.15) is 0 Å². The van der Waals surface area contributed by atoms with Gasteiger partial charge in [0, 0.05) is 32.6 Å². The summed E-state index contributed by atoms with van der Waals surface area (Å²) < 4.78 is 0. The van der Waals surface area contributed by atoms with Crippen LogP contribution in [-0.4, -0.2) is 0 Å². The zero-order chi connectivity index (χ0) is 18.8. The van der Waals surface area contributed by atoms with E-state index in [-0.39, 0.29) is 26.2 Å². The second-order valence-corrected chi connectivity index (χ2v) is 8.76. The van der Waals surface area contributed by atoms with Crippen molar-refractivity contribution in [3.05, 3.63) is 70.6 Å². The Hall–Kier alpha value is -0.937. The fourth-order valence-corrected chi connectivity index (χ4v) is 4.83. The van der Waals surface area contributed by atoms with Crippen LogP contribution in [0.1, 0.15) is 87.0 Å². The Morgan fingerprint density at radius 3 is 2.32 bits per heavy atom. The van der Waals surface area contributed by atoms with E-state index in [0.717, 1.165) is 5.92 Å². The van der Waals surface area contributed by atoms with Gasteiger partial charge in [-0.05, 0) is 65.0 Å².